The van der Waals surface area contributed by atoms with Gasteiger partial charge in [0.15, 0.2) is 0 Å². The first kappa shape index (κ1) is 23.9. The van der Waals surface area contributed by atoms with E-state index >= 15 is 0 Å². The Labute approximate surface area is 197 Å². The highest BCUT2D eigenvalue weighted by molar-refractivity contribution is 7.93. The van der Waals surface area contributed by atoms with E-state index in [1.165, 1.54) is 31.4 Å². The molecule has 0 unspecified atom stereocenters. The van der Waals surface area contributed by atoms with E-state index in [1.807, 2.05) is 13.0 Å². The lowest BCUT2D eigenvalue weighted by Crippen LogP contribution is -2.38. The molecule has 0 aromatic heterocycles. The van der Waals surface area contributed by atoms with Crippen LogP contribution >= 0.6 is 23.2 Å². The Hall–Kier alpha value is -2.74. The van der Waals surface area contributed by atoms with Crippen LogP contribution in [0.15, 0.2) is 65.6 Å². The average molecular weight is 493 g/mol. The molecule has 0 heterocycles. The predicted molar refractivity (Wildman–Crippen MR) is 129 cm³/mol. The van der Waals surface area contributed by atoms with Gasteiger partial charge in [0, 0.05) is 5.69 Å². The minimum absolute atomic E-state index is 0.0607. The molecule has 3 aromatic rings. The lowest BCUT2D eigenvalue weighted by atomic mass is 10.2. The van der Waals surface area contributed by atoms with Crippen molar-refractivity contribution in [3.8, 4) is 5.75 Å². The van der Waals surface area contributed by atoms with Crippen molar-refractivity contribution >= 4 is 50.5 Å². The van der Waals surface area contributed by atoms with Gasteiger partial charge in [-0.05, 0) is 67.4 Å². The molecule has 6 nitrogen and oxygen atoms in total. The number of halogens is 2. The second-order valence-electron chi connectivity index (χ2n) is 7.18. The van der Waals surface area contributed by atoms with E-state index in [0.29, 0.717) is 5.69 Å². The lowest BCUT2D eigenvalue weighted by Gasteiger charge is -2.25. The smallest absolute Gasteiger partial charge is 0.268 e. The third-order valence-corrected chi connectivity index (χ3v) is 7.20. The maximum atomic E-state index is 13.7. The highest BCUT2D eigenvalue weighted by atomic mass is 35.5. The first-order chi connectivity index (χ1) is 15.1. The summed E-state index contributed by atoms with van der Waals surface area (Å²) in [5, 5.41) is 3.17. The van der Waals surface area contributed by atoms with Gasteiger partial charge in [0.05, 0.1) is 22.8 Å². The number of benzene rings is 3. The fourth-order valence-corrected chi connectivity index (χ4v) is 5.06. The van der Waals surface area contributed by atoms with Crippen LogP contribution in [-0.2, 0) is 14.8 Å². The molecule has 0 saturated heterocycles. The van der Waals surface area contributed by atoms with Gasteiger partial charge in [-0.25, -0.2) is 8.42 Å². The van der Waals surface area contributed by atoms with Crippen molar-refractivity contribution in [1.29, 1.82) is 0 Å². The molecule has 1 N–H and O–H groups in total. The Morgan fingerprint density at radius 3 is 2.34 bits per heavy atom. The minimum atomic E-state index is -4.20. The van der Waals surface area contributed by atoms with Crippen molar-refractivity contribution in [1.82, 2.24) is 0 Å². The molecular formula is C23H22Cl2N2O4S. The average Bonchev–Trinajstić information content (AvgIpc) is 2.74. The monoisotopic (exact) mass is 492 g/mol. The number of hydrogen-bond acceptors (Lipinski definition) is 4. The van der Waals surface area contributed by atoms with E-state index in [4.69, 9.17) is 27.9 Å². The van der Waals surface area contributed by atoms with Gasteiger partial charge in [-0.2, -0.15) is 0 Å². The zero-order valence-corrected chi connectivity index (χ0v) is 20.1. The Morgan fingerprint density at radius 2 is 1.69 bits per heavy atom. The summed E-state index contributed by atoms with van der Waals surface area (Å²) in [7, 11) is -2.81. The molecular weight excluding hydrogens is 471 g/mol. The van der Waals surface area contributed by atoms with E-state index < -0.39 is 22.5 Å². The van der Waals surface area contributed by atoms with Crippen molar-refractivity contribution in [3.63, 3.8) is 0 Å². The number of aryl methyl sites for hydroxylation is 2. The molecule has 3 rings (SSSR count). The molecule has 0 saturated carbocycles. The number of rotatable bonds is 7. The van der Waals surface area contributed by atoms with E-state index in [-0.39, 0.29) is 26.4 Å². The van der Waals surface area contributed by atoms with Gasteiger partial charge in [-0.3, -0.25) is 9.10 Å². The zero-order valence-electron chi connectivity index (χ0n) is 17.7. The molecule has 0 radical (unpaired) electrons. The topological polar surface area (TPSA) is 75.7 Å². The van der Waals surface area contributed by atoms with Crippen LogP contribution in [-0.4, -0.2) is 28.0 Å². The van der Waals surface area contributed by atoms with Gasteiger partial charge in [0.1, 0.15) is 17.2 Å². The highest BCUT2D eigenvalue weighted by Crippen LogP contribution is 2.33. The van der Waals surface area contributed by atoms with E-state index in [2.05, 4.69) is 5.32 Å². The minimum Gasteiger partial charge on any atom is -0.495 e. The van der Waals surface area contributed by atoms with Gasteiger partial charge < -0.3 is 10.1 Å². The molecule has 3 aromatic carbocycles. The van der Waals surface area contributed by atoms with Crippen LogP contribution < -0.4 is 14.4 Å². The molecule has 0 atom stereocenters. The summed E-state index contributed by atoms with van der Waals surface area (Å²) in [6.07, 6.45) is 0. The number of nitrogens with one attached hydrogen (secondary N) is 1. The number of amides is 1. The fraction of sp³-hybridized carbons (Fsp3) is 0.174. The number of anilines is 2. The van der Waals surface area contributed by atoms with Gasteiger partial charge in [-0.15, -0.1) is 0 Å². The molecule has 9 heteroatoms. The molecule has 0 aliphatic heterocycles. The zero-order chi connectivity index (χ0) is 23.5. The van der Waals surface area contributed by atoms with Crippen molar-refractivity contribution in [3.05, 3.63) is 81.8 Å². The number of methoxy groups -OCH3 is 1. The van der Waals surface area contributed by atoms with Crippen LogP contribution in [0.1, 0.15) is 11.1 Å². The summed E-state index contributed by atoms with van der Waals surface area (Å²) in [5.74, 6) is -0.350. The van der Waals surface area contributed by atoms with Crippen molar-refractivity contribution < 1.29 is 17.9 Å². The number of nitrogens with zero attached hydrogens (tertiary/aromatic N) is 1. The first-order valence-electron chi connectivity index (χ1n) is 9.61. The SMILES string of the molecule is COc1ccc(C)cc1S(=O)(=O)N(CC(=O)Nc1cccc(C)c1)c1ccc(Cl)c(Cl)c1. The van der Waals surface area contributed by atoms with Gasteiger partial charge in [0.2, 0.25) is 5.91 Å². The third kappa shape index (κ3) is 5.35. The number of ether oxygens (including phenoxy) is 1. The quantitative estimate of drug-likeness (QED) is 0.475. The molecule has 0 bridgehead atoms. The summed E-state index contributed by atoms with van der Waals surface area (Å²) < 4.78 is 33.6. The summed E-state index contributed by atoms with van der Waals surface area (Å²) in [4.78, 5) is 12.8. The highest BCUT2D eigenvalue weighted by Gasteiger charge is 2.30. The lowest BCUT2D eigenvalue weighted by molar-refractivity contribution is -0.114. The second-order valence-corrected chi connectivity index (χ2v) is 9.83. The molecule has 0 spiro atoms. The standard InChI is InChI=1S/C23H22Cl2N2O4S/c1-15-5-4-6-17(11-15)26-23(28)14-27(18-8-9-19(24)20(25)13-18)32(29,30)22-12-16(2)7-10-21(22)31-3/h4-13H,14H2,1-3H3,(H,26,28). The molecule has 168 valence electrons. The van der Waals surface area contributed by atoms with Crippen LogP contribution in [0.4, 0.5) is 11.4 Å². The van der Waals surface area contributed by atoms with Crippen LogP contribution in [0.2, 0.25) is 10.0 Å². The molecule has 0 fully saturated rings. The predicted octanol–water partition coefficient (Wildman–Crippen LogP) is 5.45. The van der Waals surface area contributed by atoms with E-state index in [1.54, 1.807) is 37.3 Å². The van der Waals surface area contributed by atoms with Gasteiger partial charge in [0.25, 0.3) is 10.0 Å². The summed E-state index contributed by atoms with van der Waals surface area (Å²) in [5.41, 5.74) is 2.45. The number of sulfonamides is 1. The van der Waals surface area contributed by atoms with Crippen LogP contribution in [0, 0.1) is 13.8 Å². The number of carbonyl (C=O) groups excluding carboxylic acids is 1. The van der Waals surface area contributed by atoms with Crippen LogP contribution in [0.25, 0.3) is 0 Å². The molecule has 32 heavy (non-hydrogen) atoms. The van der Waals surface area contributed by atoms with Crippen molar-refractivity contribution in [2.75, 3.05) is 23.3 Å². The molecule has 0 aliphatic carbocycles. The third-order valence-electron chi connectivity index (χ3n) is 4.67. The van der Waals surface area contributed by atoms with Crippen molar-refractivity contribution in [2.24, 2.45) is 0 Å². The van der Waals surface area contributed by atoms with Gasteiger partial charge in [-0.1, -0.05) is 41.4 Å². The number of carbonyl (C=O) groups is 1. The van der Waals surface area contributed by atoms with Gasteiger partial charge >= 0.3 is 0 Å². The summed E-state index contributed by atoms with van der Waals surface area (Å²) in [6, 6.07) is 16.4. The fourth-order valence-electron chi connectivity index (χ4n) is 3.11. The normalized spacial score (nSPS) is 11.2. The Balaban J connectivity index is 2.05. The maximum absolute atomic E-state index is 13.7. The van der Waals surface area contributed by atoms with E-state index in [0.717, 1.165) is 15.4 Å². The van der Waals surface area contributed by atoms with Crippen molar-refractivity contribution in [2.45, 2.75) is 18.7 Å². The molecule has 0 aliphatic rings. The largest absolute Gasteiger partial charge is 0.495 e. The Bertz CT molecular complexity index is 1260. The molecule has 1 amide bonds. The Morgan fingerprint density at radius 1 is 0.969 bits per heavy atom. The summed E-state index contributed by atoms with van der Waals surface area (Å²) >= 11 is 12.2. The van der Waals surface area contributed by atoms with Crippen LogP contribution in [0.3, 0.4) is 0 Å². The van der Waals surface area contributed by atoms with E-state index in [9.17, 15) is 13.2 Å². The first-order valence-corrected chi connectivity index (χ1v) is 11.8. The maximum Gasteiger partial charge on any atom is 0.268 e. The second kappa shape index (κ2) is 9.81. The van der Waals surface area contributed by atoms with Crippen LogP contribution in [0.5, 0.6) is 5.75 Å². The summed E-state index contributed by atoms with van der Waals surface area (Å²) in [6.45, 7) is 3.18. The number of hydrogen-bond donors (Lipinski definition) is 1. The Kier molecular flexibility index (Phi) is 7.33.